The third-order valence-corrected chi connectivity index (χ3v) is 5.43. The minimum absolute atomic E-state index is 0.600. The Morgan fingerprint density at radius 1 is 0.600 bits per heavy atom. The van der Waals surface area contributed by atoms with Crippen LogP contribution in [0.25, 0.3) is 0 Å². The van der Waals surface area contributed by atoms with Crippen molar-refractivity contribution in [2.45, 2.75) is 90.9 Å². The Morgan fingerprint density at radius 2 is 1.00 bits per heavy atom. The minimum atomic E-state index is -0.662. The first-order valence-electron chi connectivity index (χ1n) is 11.8. The number of hydrogen-bond acceptors (Lipinski definition) is 3. The second-order valence-electron chi connectivity index (χ2n) is 8.00. The first kappa shape index (κ1) is 24.0. The van der Waals surface area contributed by atoms with E-state index in [-0.39, 0.29) is 0 Å². The number of aryl methyl sites for hydroxylation is 2. The van der Waals surface area contributed by atoms with Crippen LogP contribution in [0, 0.1) is 0 Å². The van der Waals surface area contributed by atoms with Gasteiger partial charge >= 0.3 is 6.16 Å². The quantitative estimate of drug-likeness (QED) is 0.178. The molecule has 0 aromatic heterocycles. The summed E-state index contributed by atoms with van der Waals surface area (Å²) in [6.45, 7) is 4.43. The van der Waals surface area contributed by atoms with E-state index in [0.717, 1.165) is 36.8 Å². The normalized spacial score (nSPS) is 10.7. The van der Waals surface area contributed by atoms with Gasteiger partial charge in [-0.3, -0.25) is 0 Å². The first-order chi connectivity index (χ1) is 14.7. The molecule has 2 rings (SSSR count). The van der Waals surface area contributed by atoms with Crippen LogP contribution in [0.3, 0.4) is 0 Å². The molecule has 0 saturated carbocycles. The van der Waals surface area contributed by atoms with Gasteiger partial charge in [-0.2, -0.15) is 0 Å². The number of rotatable bonds is 14. The maximum atomic E-state index is 12.4. The number of carbonyl (C=O) groups is 1. The molecule has 3 heteroatoms. The van der Waals surface area contributed by atoms with Gasteiger partial charge in [0.05, 0.1) is 0 Å². The Hall–Kier alpha value is -2.29. The zero-order chi connectivity index (χ0) is 21.4. The predicted molar refractivity (Wildman–Crippen MR) is 124 cm³/mol. The molecule has 2 aromatic carbocycles. The number of unbranched alkanes of at least 4 members (excludes halogenated alkanes) is 8. The second kappa shape index (κ2) is 14.7. The minimum Gasteiger partial charge on any atom is -0.394 e. The molecule has 0 radical (unpaired) electrons. The highest BCUT2D eigenvalue weighted by Gasteiger charge is 2.13. The molecule has 0 spiro atoms. The number of hydrogen-bond donors (Lipinski definition) is 0. The molecule has 0 heterocycles. The van der Waals surface area contributed by atoms with Crippen LogP contribution in [0.5, 0.6) is 11.5 Å². The molecule has 0 saturated heterocycles. The summed E-state index contributed by atoms with van der Waals surface area (Å²) in [6.07, 6.45) is 13.5. The van der Waals surface area contributed by atoms with Crippen molar-refractivity contribution < 1.29 is 14.3 Å². The van der Waals surface area contributed by atoms with Gasteiger partial charge in [-0.1, -0.05) is 102 Å². The van der Waals surface area contributed by atoms with Gasteiger partial charge in [-0.05, 0) is 48.9 Å². The zero-order valence-electron chi connectivity index (χ0n) is 18.8. The van der Waals surface area contributed by atoms with E-state index >= 15 is 0 Å². The van der Waals surface area contributed by atoms with Gasteiger partial charge in [0, 0.05) is 0 Å². The van der Waals surface area contributed by atoms with Crippen LogP contribution in [0.2, 0.25) is 0 Å². The molecule has 0 amide bonds. The lowest BCUT2D eigenvalue weighted by molar-refractivity contribution is 0.151. The Morgan fingerprint density at radius 3 is 1.53 bits per heavy atom. The number of carbonyl (C=O) groups excluding carboxylic acids is 1. The SMILES string of the molecule is CCCCCCCCCc1ccccc1OC(=O)Oc1ccccc1CCCCC. The van der Waals surface area contributed by atoms with Crippen molar-refractivity contribution in [3.8, 4) is 11.5 Å². The molecular weight excluding hydrogens is 372 g/mol. The third-order valence-electron chi connectivity index (χ3n) is 5.43. The Labute approximate surface area is 182 Å². The van der Waals surface area contributed by atoms with Gasteiger partial charge in [0.1, 0.15) is 11.5 Å². The topological polar surface area (TPSA) is 35.5 Å². The van der Waals surface area contributed by atoms with Crippen molar-refractivity contribution in [3.63, 3.8) is 0 Å². The maximum absolute atomic E-state index is 12.4. The van der Waals surface area contributed by atoms with Gasteiger partial charge < -0.3 is 9.47 Å². The highest BCUT2D eigenvalue weighted by molar-refractivity contribution is 5.68. The molecule has 30 heavy (non-hydrogen) atoms. The summed E-state index contributed by atoms with van der Waals surface area (Å²) in [7, 11) is 0. The summed E-state index contributed by atoms with van der Waals surface area (Å²) in [4.78, 5) is 12.4. The number of para-hydroxylation sites is 2. The molecule has 2 aromatic rings. The summed E-state index contributed by atoms with van der Waals surface area (Å²) in [5.74, 6) is 1.21. The second-order valence-corrected chi connectivity index (χ2v) is 8.00. The molecule has 164 valence electrons. The number of benzene rings is 2. The van der Waals surface area contributed by atoms with E-state index in [4.69, 9.17) is 9.47 Å². The van der Waals surface area contributed by atoms with Crippen molar-refractivity contribution in [2.24, 2.45) is 0 Å². The van der Waals surface area contributed by atoms with Gasteiger partial charge in [0.15, 0.2) is 0 Å². The summed E-state index contributed by atoms with van der Waals surface area (Å²) in [5.41, 5.74) is 2.12. The average molecular weight is 411 g/mol. The van der Waals surface area contributed by atoms with Crippen LogP contribution in [0.4, 0.5) is 4.79 Å². The fraction of sp³-hybridized carbons (Fsp3) is 0.519. The molecule has 0 bridgehead atoms. The maximum Gasteiger partial charge on any atom is 0.519 e. The molecular formula is C27H38O3. The highest BCUT2D eigenvalue weighted by atomic mass is 16.7. The molecule has 0 fully saturated rings. The predicted octanol–water partition coefficient (Wildman–Crippen LogP) is 8.29. The van der Waals surface area contributed by atoms with Crippen molar-refractivity contribution in [3.05, 3.63) is 59.7 Å². The molecule has 0 N–H and O–H groups in total. The van der Waals surface area contributed by atoms with Crippen molar-refractivity contribution in [1.82, 2.24) is 0 Å². The lowest BCUT2D eigenvalue weighted by atomic mass is 10.0. The van der Waals surface area contributed by atoms with Crippen molar-refractivity contribution >= 4 is 6.16 Å². The van der Waals surface area contributed by atoms with E-state index in [0.29, 0.717) is 11.5 Å². The van der Waals surface area contributed by atoms with Gasteiger partial charge in [0.25, 0.3) is 0 Å². The Kier molecular flexibility index (Phi) is 11.7. The fourth-order valence-corrected chi connectivity index (χ4v) is 3.66. The standard InChI is InChI=1S/C27H38O3/c1-3-5-7-8-9-10-12-18-24-20-14-16-22-26(24)30-27(28)29-25-21-15-13-19-23(25)17-11-6-4-2/h13-16,19-22H,3-12,17-18H2,1-2H3. The monoisotopic (exact) mass is 410 g/mol. The van der Waals surface area contributed by atoms with Gasteiger partial charge in [-0.15, -0.1) is 0 Å². The first-order valence-corrected chi connectivity index (χ1v) is 11.8. The molecule has 0 aliphatic rings. The van der Waals surface area contributed by atoms with Gasteiger partial charge in [-0.25, -0.2) is 4.79 Å². The van der Waals surface area contributed by atoms with Crippen LogP contribution in [0.15, 0.2) is 48.5 Å². The van der Waals surface area contributed by atoms with Crippen molar-refractivity contribution in [2.75, 3.05) is 0 Å². The average Bonchev–Trinajstić information content (AvgIpc) is 2.75. The van der Waals surface area contributed by atoms with Crippen LogP contribution in [-0.2, 0) is 12.8 Å². The molecule has 0 atom stereocenters. The Bertz CT molecular complexity index is 738. The largest absolute Gasteiger partial charge is 0.519 e. The van der Waals surface area contributed by atoms with Crippen LogP contribution >= 0.6 is 0 Å². The van der Waals surface area contributed by atoms with Crippen LogP contribution < -0.4 is 9.47 Å². The van der Waals surface area contributed by atoms with Crippen molar-refractivity contribution in [1.29, 1.82) is 0 Å². The number of ether oxygens (including phenoxy) is 2. The summed E-state index contributed by atoms with van der Waals surface area (Å²) in [5, 5.41) is 0. The lowest BCUT2D eigenvalue weighted by Gasteiger charge is -2.12. The molecule has 0 aliphatic heterocycles. The van der Waals surface area contributed by atoms with Crippen LogP contribution in [0.1, 0.15) is 89.2 Å². The van der Waals surface area contributed by atoms with E-state index in [1.165, 1.54) is 51.4 Å². The smallest absolute Gasteiger partial charge is 0.394 e. The van der Waals surface area contributed by atoms with Crippen LogP contribution in [-0.4, -0.2) is 6.16 Å². The summed E-state index contributed by atoms with van der Waals surface area (Å²) >= 11 is 0. The van der Waals surface area contributed by atoms with Gasteiger partial charge in [0.2, 0.25) is 0 Å². The van der Waals surface area contributed by atoms with E-state index in [1.54, 1.807) is 0 Å². The summed E-state index contributed by atoms with van der Waals surface area (Å²) < 4.78 is 11.1. The lowest BCUT2D eigenvalue weighted by Crippen LogP contribution is -2.15. The summed E-state index contributed by atoms with van der Waals surface area (Å²) in [6, 6.07) is 15.5. The molecule has 0 unspecified atom stereocenters. The van der Waals surface area contributed by atoms with E-state index in [1.807, 2.05) is 48.5 Å². The highest BCUT2D eigenvalue weighted by Crippen LogP contribution is 2.24. The fourth-order valence-electron chi connectivity index (χ4n) is 3.66. The molecule has 0 aliphatic carbocycles. The Balaban J connectivity index is 1.86. The van der Waals surface area contributed by atoms with E-state index in [9.17, 15) is 4.79 Å². The zero-order valence-corrected chi connectivity index (χ0v) is 18.8. The molecule has 3 nitrogen and oxygen atoms in total. The third kappa shape index (κ3) is 9.02. The van der Waals surface area contributed by atoms with E-state index < -0.39 is 6.16 Å². The van der Waals surface area contributed by atoms with E-state index in [2.05, 4.69) is 13.8 Å².